The first-order valence-corrected chi connectivity index (χ1v) is 8.66. The molecule has 25 heavy (non-hydrogen) atoms. The SMILES string of the molecule is CN(C(=O)c1cc2c(cc1F)NC(=O)CC2)C1CC2CCC(C1)N2.Cl. The number of nitrogens with one attached hydrogen (secondary N) is 2. The number of hydrogen-bond acceptors (Lipinski definition) is 3. The van der Waals surface area contributed by atoms with Gasteiger partial charge in [-0.1, -0.05) is 0 Å². The van der Waals surface area contributed by atoms with Crippen molar-refractivity contribution in [3.05, 3.63) is 29.1 Å². The molecule has 2 N–H and O–H groups in total. The summed E-state index contributed by atoms with van der Waals surface area (Å²) in [6, 6.07) is 4.00. The second kappa shape index (κ2) is 6.92. The molecule has 3 aliphatic rings. The van der Waals surface area contributed by atoms with Crippen molar-refractivity contribution in [2.75, 3.05) is 12.4 Å². The van der Waals surface area contributed by atoms with Gasteiger partial charge >= 0.3 is 0 Å². The highest BCUT2D eigenvalue weighted by molar-refractivity contribution is 5.98. The number of benzene rings is 1. The first-order valence-electron chi connectivity index (χ1n) is 8.66. The summed E-state index contributed by atoms with van der Waals surface area (Å²) in [7, 11) is 1.78. The van der Waals surface area contributed by atoms with Crippen LogP contribution in [0.3, 0.4) is 0 Å². The van der Waals surface area contributed by atoms with Crippen LogP contribution in [-0.2, 0) is 11.2 Å². The first-order chi connectivity index (χ1) is 11.5. The highest BCUT2D eigenvalue weighted by Crippen LogP contribution is 2.31. The molecule has 1 aromatic rings. The summed E-state index contributed by atoms with van der Waals surface area (Å²) in [6.07, 6.45) is 5.11. The van der Waals surface area contributed by atoms with Crippen molar-refractivity contribution >= 4 is 29.9 Å². The fraction of sp³-hybridized carbons (Fsp3) is 0.556. The van der Waals surface area contributed by atoms with Gasteiger partial charge in [0.1, 0.15) is 5.82 Å². The summed E-state index contributed by atoms with van der Waals surface area (Å²) in [6.45, 7) is 0. The molecule has 0 aliphatic carbocycles. The van der Waals surface area contributed by atoms with Crippen LogP contribution in [0.25, 0.3) is 0 Å². The zero-order chi connectivity index (χ0) is 16.8. The number of rotatable bonds is 2. The molecule has 0 saturated carbocycles. The third kappa shape index (κ3) is 3.37. The minimum absolute atomic E-state index is 0. The standard InChI is InChI=1S/C18H22FN3O2.ClH/c1-22(13-7-11-3-4-12(8-13)20-11)18(24)14-6-10-2-5-17(23)21-16(10)9-15(14)19;/h6,9,11-13,20H,2-5,7-8H2,1H3,(H,21,23);1H. The minimum atomic E-state index is -0.565. The van der Waals surface area contributed by atoms with Gasteiger partial charge in [0.25, 0.3) is 5.91 Å². The van der Waals surface area contributed by atoms with E-state index in [1.54, 1.807) is 18.0 Å². The smallest absolute Gasteiger partial charge is 0.256 e. The summed E-state index contributed by atoms with van der Waals surface area (Å²) in [5.41, 5.74) is 1.43. The number of carbonyl (C=O) groups excluding carboxylic acids is 2. The number of halogens is 2. The Balaban J connectivity index is 0.00000182. The number of aryl methyl sites for hydroxylation is 1. The first kappa shape index (κ1) is 18.1. The van der Waals surface area contributed by atoms with E-state index in [0.29, 0.717) is 30.6 Å². The number of nitrogens with zero attached hydrogens (tertiary/aromatic N) is 1. The Morgan fingerprint density at radius 2 is 1.88 bits per heavy atom. The molecule has 5 nitrogen and oxygen atoms in total. The van der Waals surface area contributed by atoms with E-state index in [4.69, 9.17) is 0 Å². The van der Waals surface area contributed by atoms with Gasteiger partial charge in [-0.2, -0.15) is 0 Å². The highest BCUT2D eigenvalue weighted by Gasteiger charge is 2.37. The molecule has 2 saturated heterocycles. The van der Waals surface area contributed by atoms with Crippen molar-refractivity contribution in [1.29, 1.82) is 0 Å². The lowest BCUT2D eigenvalue weighted by molar-refractivity contribution is -0.116. The fourth-order valence-electron chi connectivity index (χ4n) is 4.27. The Labute approximate surface area is 152 Å². The second-order valence-corrected chi connectivity index (χ2v) is 7.22. The molecule has 3 heterocycles. The van der Waals surface area contributed by atoms with Crippen LogP contribution in [0, 0.1) is 5.82 Å². The molecule has 0 radical (unpaired) electrons. The number of carbonyl (C=O) groups is 2. The summed E-state index contributed by atoms with van der Waals surface area (Å²) in [4.78, 5) is 26.0. The van der Waals surface area contributed by atoms with Gasteiger partial charge in [0, 0.05) is 37.3 Å². The van der Waals surface area contributed by atoms with Crippen LogP contribution in [0.4, 0.5) is 10.1 Å². The van der Waals surface area contributed by atoms with E-state index < -0.39 is 5.82 Å². The lowest BCUT2D eigenvalue weighted by Gasteiger charge is -2.35. The van der Waals surface area contributed by atoms with Crippen LogP contribution in [-0.4, -0.2) is 41.9 Å². The van der Waals surface area contributed by atoms with Crippen LogP contribution >= 0.6 is 12.4 Å². The molecule has 0 aromatic heterocycles. The summed E-state index contributed by atoms with van der Waals surface area (Å²) in [5, 5.41) is 6.23. The van der Waals surface area contributed by atoms with Crippen LogP contribution in [0.2, 0.25) is 0 Å². The monoisotopic (exact) mass is 367 g/mol. The molecule has 2 fully saturated rings. The number of anilines is 1. The summed E-state index contributed by atoms with van der Waals surface area (Å²) in [5.74, 6) is -0.938. The van der Waals surface area contributed by atoms with Gasteiger partial charge < -0.3 is 15.5 Å². The second-order valence-electron chi connectivity index (χ2n) is 7.22. The predicted molar refractivity (Wildman–Crippen MR) is 95.7 cm³/mol. The summed E-state index contributed by atoms with van der Waals surface area (Å²) < 4.78 is 14.4. The van der Waals surface area contributed by atoms with Gasteiger partial charge in [-0.15, -0.1) is 12.4 Å². The van der Waals surface area contributed by atoms with Crippen molar-refractivity contribution in [1.82, 2.24) is 10.2 Å². The van der Waals surface area contributed by atoms with E-state index in [2.05, 4.69) is 10.6 Å². The molecule has 2 atom stereocenters. The summed E-state index contributed by atoms with van der Waals surface area (Å²) >= 11 is 0. The Morgan fingerprint density at radius 1 is 1.20 bits per heavy atom. The highest BCUT2D eigenvalue weighted by atomic mass is 35.5. The van der Waals surface area contributed by atoms with Crippen molar-refractivity contribution in [2.24, 2.45) is 0 Å². The number of piperidine rings is 1. The molecule has 2 bridgehead atoms. The largest absolute Gasteiger partial charge is 0.339 e. The lowest BCUT2D eigenvalue weighted by Crippen LogP contribution is -2.48. The molecule has 4 rings (SSSR count). The maximum atomic E-state index is 14.4. The molecule has 0 spiro atoms. The maximum absolute atomic E-state index is 14.4. The van der Waals surface area contributed by atoms with E-state index in [1.165, 1.54) is 6.07 Å². The average Bonchev–Trinajstić information content (AvgIpc) is 2.90. The molecule has 7 heteroatoms. The van der Waals surface area contributed by atoms with Crippen LogP contribution in [0.1, 0.15) is 48.0 Å². The van der Waals surface area contributed by atoms with Crippen molar-refractivity contribution in [2.45, 2.75) is 56.7 Å². The molecule has 1 aromatic carbocycles. The van der Waals surface area contributed by atoms with Crippen LogP contribution in [0.5, 0.6) is 0 Å². The fourth-order valence-corrected chi connectivity index (χ4v) is 4.27. The average molecular weight is 368 g/mol. The quantitative estimate of drug-likeness (QED) is 0.844. The van der Waals surface area contributed by atoms with E-state index in [0.717, 1.165) is 31.2 Å². The van der Waals surface area contributed by atoms with E-state index in [-0.39, 0.29) is 35.8 Å². The van der Waals surface area contributed by atoms with Crippen molar-refractivity contribution < 1.29 is 14.0 Å². The van der Waals surface area contributed by atoms with Crippen molar-refractivity contribution in [3.63, 3.8) is 0 Å². The third-order valence-corrected chi connectivity index (χ3v) is 5.64. The number of fused-ring (bicyclic) bond motifs is 3. The van der Waals surface area contributed by atoms with Crippen LogP contribution < -0.4 is 10.6 Å². The van der Waals surface area contributed by atoms with E-state index in [1.807, 2.05) is 0 Å². The minimum Gasteiger partial charge on any atom is -0.339 e. The van der Waals surface area contributed by atoms with Gasteiger partial charge in [0.2, 0.25) is 5.91 Å². The molecule has 136 valence electrons. The maximum Gasteiger partial charge on any atom is 0.256 e. The van der Waals surface area contributed by atoms with E-state index >= 15 is 0 Å². The third-order valence-electron chi connectivity index (χ3n) is 5.64. The Bertz CT molecular complexity index is 700. The normalized spacial score (nSPS) is 27.1. The lowest BCUT2D eigenvalue weighted by atomic mass is 9.96. The van der Waals surface area contributed by atoms with E-state index in [9.17, 15) is 14.0 Å². The Morgan fingerprint density at radius 3 is 2.56 bits per heavy atom. The topological polar surface area (TPSA) is 61.4 Å². The number of amides is 2. The predicted octanol–water partition coefficient (Wildman–Crippen LogP) is 2.49. The molecular formula is C18H23ClFN3O2. The Kier molecular flexibility index (Phi) is 5.02. The van der Waals surface area contributed by atoms with Crippen LogP contribution in [0.15, 0.2) is 12.1 Å². The molecule has 2 unspecified atom stereocenters. The molecule has 3 aliphatic heterocycles. The van der Waals surface area contributed by atoms with Gasteiger partial charge in [0.15, 0.2) is 0 Å². The van der Waals surface area contributed by atoms with Gasteiger partial charge in [-0.25, -0.2) is 4.39 Å². The Hall–Kier alpha value is -1.66. The number of hydrogen-bond donors (Lipinski definition) is 2. The zero-order valence-corrected chi connectivity index (χ0v) is 15.0. The zero-order valence-electron chi connectivity index (χ0n) is 14.2. The van der Waals surface area contributed by atoms with Gasteiger partial charge in [0.05, 0.1) is 5.56 Å². The van der Waals surface area contributed by atoms with Crippen molar-refractivity contribution in [3.8, 4) is 0 Å². The molecule has 2 amide bonds. The van der Waals surface area contributed by atoms with Gasteiger partial charge in [-0.05, 0) is 49.8 Å². The van der Waals surface area contributed by atoms with Gasteiger partial charge in [-0.3, -0.25) is 9.59 Å². The molecular weight excluding hydrogens is 345 g/mol.